The van der Waals surface area contributed by atoms with Crippen molar-refractivity contribution in [3.8, 4) is 0 Å². The van der Waals surface area contributed by atoms with Crippen LogP contribution < -0.4 is 10.6 Å². The van der Waals surface area contributed by atoms with Gasteiger partial charge < -0.3 is 15.4 Å². The summed E-state index contributed by atoms with van der Waals surface area (Å²) in [5.41, 5.74) is 2.36. The van der Waals surface area contributed by atoms with Gasteiger partial charge >= 0.3 is 0 Å². The highest BCUT2D eigenvalue weighted by atomic mass is 32.1. The van der Waals surface area contributed by atoms with Gasteiger partial charge in [0.15, 0.2) is 5.78 Å². The number of carbonyl (C=O) groups is 2. The quantitative estimate of drug-likeness (QED) is 0.486. The lowest BCUT2D eigenvalue weighted by Crippen LogP contribution is -2.30. The number of nitrogens with one attached hydrogen (secondary N) is 2. The Balaban J connectivity index is 1.42. The minimum atomic E-state index is -0.193. The van der Waals surface area contributed by atoms with Gasteiger partial charge in [-0.05, 0) is 17.0 Å². The molecule has 1 aromatic carbocycles. The van der Waals surface area contributed by atoms with E-state index in [9.17, 15) is 9.59 Å². The fraction of sp³-hybridized carbons (Fsp3) is 0.176. The van der Waals surface area contributed by atoms with E-state index in [-0.39, 0.29) is 25.0 Å². The van der Waals surface area contributed by atoms with Gasteiger partial charge in [-0.3, -0.25) is 9.59 Å². The van der Waals surface area contributed by atoms with Crippen LogP contribution in [-0.4, -0.2) is 25.0 Å². The standard InChI is InChI=1S/C17H16N2O3S/c20-15(12-4-2-1-3-5-12)10-22-11-19-16(21)14-8-13-6-7-23-17(13)18-9-14/h1-7,9,18H,8,10-11H2,(H,19,21). The number of benzene rings is 1. The fourth-order valence-corrected chi connectivity index (χ4v) is 3.02. The molecule has 0 aliphatic carbocycles. The first kappa shape index (κ1) is 15.5. The van der Waals surface area contributed by atoms with E-state index in [1.807, 2.05) is 17.5 Å². The molecule has 0 bridgehead atoms. The molecule has 0 fully saturated rings. The Labute approximate surface area is 138 Å². The molecule has 1 aliphatic heterocycles. The average molecular weight is 328 g/mol. The second kappa shape index (κ2) is 7.21. The van der Waals surface area contributed by atoms with Gasteiger partial charge in [0.1, 0.15) is 13.3 Å². The van der Waals surface area contributed by atoms with Crippen LogP contribution in [0.15, 0.2) is 53.6 Å². The van der Waals surface area contributed by atoms with Crippen molar-refractivity contribution in [3.63, 3.8) is 0 Å². The minimum absolute atomic E-state index is 0.00520. The highest BCUT2D eigenvalue weighted by Gasteiger charge is 2.17. The van der Waals surface area contributed by atoms with E-state index in [1.54, 1.807) is 41.8 Å². The lowest BCUT2D eigenvalue weighted by atomic mass is 10.1. The van der Waals surface area contributed by atoms with E-state index >= 15 is 0 Å². The maximum atomic E-state index is 12.1. The Morgan fingerprint density at radius 2 is 2.04 bits per heavy atom. The van der Waals surface area contributed by atoms with Crippen LogP contribution in [0.3, 0.4) is 0 Å². The first-order valence-corrected chi connectivity index (χ1v) is 8.08. The van der Waals surface area contributed by atoms with Crippen molar-refractivity contribution in [2.75, 3.05) is 18.7 Å². The summed E-state index contributed by atoms with van der Waals surface area (Å²) in [6.07, 6.45) is 2.31. The van der Waals surface area contributed by atoms with Gasteiger partial charge in [0.2, 0.25) is 0 Å². The summed E-state index contributed by atoms with van der Waals surface area (Å²) in [6, 6.07) is 10.9. The Hall–Kier alpha value is -2.44. The molecule has 0 radical (unpaired) electrons. The largest absolute Gasteiger partial charge is 0.353 e. The van der Waals surface area contributed by atoms with E-state index in [4.69, 9.17) is 4.74 Å². The van der Waals surface area contributed by atoms with Crippen molar-refractivity contribution in [2.24, 2.45) is 0 Å². The Morgan fingerprint density at radius 1 is 1.22 bits per heavy atom. The molecule has 1 amide bonds. The van der Waals surface area contributed by atoms with E-state index in [0.29, 0.717) is 17.6 Å². The van der Waals surface area contributed by atoms with Crippen LogP contribution in [0.5, 0.6) is 0 Å². The molecule has 0 saturated carbocycles. The van der Waals surface area contributed by atoms with E-state index in [2.05, 4.69) is 10.6 Å². The SMILES string of the molecule is O=C(NCOCC(=O)c1ccccc1)C1=CNc2sccc2C1. The molecule has 2 aromatic rings. The van der Waals surface area contributed by atoms with Gasteiger partial charge in [-0.2, -0.15) is 0 Å². The summed E-state index contributed by atoms with van der Waals surface area (Å²) in [7, 11) is 0. The molecular formula is C17H16N2O3S. The van der Waals surface area contributed by atoms with Crippen LogP contribution in [0.25, 0.3) is 0 Å². The summed E-state index contributed by atoms with van der Waals surface area (Å²) in [4.78, 5) is 23.9. The third kappa shape index (κ3) is 3.85. The number of hydrogen-bond acceptors (Lipinski definition) is 5. The second-order valence-corrected chi connectivity index (χ2v) is 5.97. The first-order chi connectivity index (χ1) is 11.2. The van der Waals surface area contributed by atoms with Crippen molar-refractivity contribution in [2.45, 2.75) is 6.42 Å². The zero-order valence-electron chi connectivity index (χ0n) is 12.4. The van der Waals surface area contributed by atoms with Crippen molar-refractivity contribution >= 4 is 28.0 Å². The number of rotatable bonds is 6. The summed E-state index contributed by atoms with van der Waals surface area (Å²) >= 11 is 1.61. The summed E-state index contributed by atoms with van der Waals surface area (Å²) in [5.74, 6) is -0.303. The number of Topliss-reactive ketones (excluding diaryl/α,β-unsaturated/α-hetero) is 1. The molecule has 118 valence electrons. The van der Waals surface area contributed by atoms with Crippen molar-refractivity contribution in [1.29, 1.82) is 0 Å². The molecule has 0 spiro atoms. The molecule has 2 heterocycles. The molecule has 2 N–H and O–H groups in total. The number of hydrogen-bond donors (Lipinski definition) is 2. The van der Waals surface area contributed by atoms with E-state index < -0.39 is 0 Å². The first-order valence-electron chi connectivity index (χ1n) is 7.20. The number of anilines is 1. The highest BCUT2D eigenvalue weighted by Crippen LogP contribution is 2.29. The number of fused-ring (bicyclic) bond motifs is 1. The molecule has 1 aliphatic rings. The molecule has 5 nitrogen and oxygen atoms in total. The molecule has 3 rings (SSSR count). The average Bonchev–Trinajstić information content (AvgIpc) is 3.06. The lowest BCUT2D eigenvalue weighted by Gasteiger charge is -2.14. The van der Waals surface area contributed by atoms with Crippen LogP contribution in [0.2, 0.25) is 0 Å². The van der Waals surface area contributed by atoms with Crippen molar-refractivity contribution in [3.05, 3.63) is 64.7 Å². The van der Waals surface area contributed by atoms with Crippen LogP contribution >= 0.6 is 11.3 Å². The van der Waals surface area contributed by atoms with Gasteiger partial charge in [-0.25, -0.2) is 0 Å². The molecule has 0 unspecified atom stereocenters. The topological polar surface area (TPSA) is 67.4 Å². The summed E-state index contributed by atoms with van der Waals surface area (Å²) in [5, 5.41) is 8.83. The van der Waals surface area contributed by atoms with Gasteiger partial charge in [0, 0.05) is 23.8 Å². The zero-order chi connectivity index (χ0) is 16.1. The van der Waals surface area contributed by atoms with Crippen LogP contribution in [-0.2, 0) is 16.0 Å². The number of ether oxygens (including phenoxy) is 1. The minimum Gasteiger partial charge on any atom is -0.353 e. The monoisotopic (exact) mass is 328 g/mol. The van der Waals surface area contributed by atoms with Crippen LogP contribution in [0, 0.1) is 0 Å². The molecule has 6 heteroatoms. The molecule has 0 atom stereocenters. The third-order valence-electron chi connectivity index (χ3n) is 3.46. The second-order valence-electron chi connectivity index (χ2n) is 5.05. The fourth-order valence-electron chi connectivity index (χ4n) is 2.24. The Kier molecular flexibility index (Phi) is 4.85. The molecular weight excluding hydrogens is 312 g/mol. The zero-order valence-corrected chi connectivity index (χ0v) is 13.2. The van der Waals surface area contributed by atoms with Gasteiger partial charge in [0.05, 0.1) is 5.00 Å². The van der Waals surface area contributed by atoms with Crippen molar-refractivity contribution in [1.82, 2.24) is 5.32 Å². The summed E-state index contributed by atoms with van der Waals surface area (Å²) in [6.45, 7) is -0.0541. The molecule has 23 heavy (non-hydrogen) atoms. The van der Waals surface area contributed by atoms with Crippen LogP contribution in [0.1, 0.15) is 15.9 Å². The maximum absolute atomic E-state index is 12.1. The van der Waals surface area contributed by atoms with E-state index in [1.165, 1.54) is 0 Å². The summed E-state index contributed by atoms with van der Waals surface area (Å²) < 4.78 is 5.24. The highest BCUT2D eigenvalue weighted by molar-refractivity contribution is 7.14. The predicted octanol–water partition coefficient (Wildman–Crippen LogP) is 2.57. The Morgan fingerprint density at radius 3 is 2.87 bits per heavy atom. The predicted molar refractivity (Wildman–Crippen MR) is 89.5 cm³/mol. The number of thiophene rings is 1. The Bertz CT molecular complexity index is 737. The smallest absolute Gasteiger partial charge is 0.250 e. The van der Waals surface area contributed by atoms with E-state index in [0.717, 1.165) is 10.6 Å². The number of ketones is 1. The lowest BCUT2D eigenvalue weighted by molar-refractivity contribution is -0.119. The normalized spacial score (nSPS) is 12.8. The number of carbonyl (C=O) groups excluding carboxylic acids is 2. The maximum Gasteiger partial charge on any atom is 0.250 e. The van der Waals surface area contributed by atoms with Crippen molar-refractivity contribution < 1.29 is 14.3 Å². The van der Waals surface area contributed by atoms with Gasteiger partial charge in [-0.15, -0.1) is 11.3 Å². The number of amides is 1. The third-order valence-corrected chi connectivity index (χ3v) is 4.35. The molecule has 1 aromatic heterocycles. The van der Waals surface area contributed by atoms with Gasteiger partial charge in [-0.1, -0.05) is 30.3 Å². The van der Waals surface area contributed by atoms with Crippen LogP contribution in [0.4, 0.5) is 5.00 Å². The van der Waals surface area contributed by atoms with Gasteiger partial charge in [0.25, 0.3) is 5.91 Å². The molecule has 0 saturated heterocycles.